The number of aryl methyl sites for hydroxylation is 1. The molecule has 0 unspecified atom stereocenters. The van der Waals surface area contributed by atoms with Crippen molar-refractivity contribution in [2.75, 3.05) is 5.32 Å². The van der Waals surface area contributed by atoms with Crippen LogP contribution in [0.1, 0.15) is 12.0 Å². The zero-order chi connectivity index (χ0) is 10.4. The number of nitrogens with two attached hydrogens (primary N) is 1. The zero-order valence-electron chi connectivity index (χ0n) is 7.69. The second-order valence-corrected chi connectivity index (χ2v) is 2.89. The van der Waals surface area contributed by atoms with E-state index in [0.717, 1.165) is 11.8 Å². The third kappa shape index (κ3) is 3.26. The van der Waals surface area contributed by atoms with Crippen molar-refractivity contribution in [1.29, 1.82) is 0 Å². The highest BCUT2D eigenvalue weighted by molar-refractivity contribution is 5.87. The van der Waals surface area contributed by atoms with Crippen molar-refractivity contribution in [1.82, 2.24) is 0 Å². The largest absolute Gasteiger partial charge is 0.351 e. The summed E-state index contributed by atoms with van der Waals surface area (Å²) in [6, 6.07) is 6.67. The predicted octanol–water partition coefficient (Wildman–Crippen LogP) is 1.31. The quantitative estimate of drug-likeness (QED) is 0.706. The van der Waals surface area contributed by atoms with Crippen molar-refractivity contribution >= 4 is 18.0 Å². The van der Waals surface area contributed by atoms with Crippen LogP contribution in [0.4, 0.5) is 10.5 Å². The number of hydrogen-bond acceptors (Lipinski definition) is 2. The smallest absolute Gasteiger partial charge is 0.316 e. The molecule has 0 aliphatic rings. The molecular weight excluding hydrogens is 180 g/mol. The van der Waals surface area contributed by atoms with E-state index in [4.69, 9.17) is 5.73 Å². The molecule has 0 aliphatic carbocycles. The maximum atomic E-state index is 10.5. The summed E-state index contributed by atoms with van der Waals surface area (Å²) in [5.74, 6) is 0. The molecule has 1 aromatic carbocycles. The average molecular weight is 192 g/mol. The monoisotopic (exact) mass is 192 g/mol. The number of rotatable bonds is 4. The second kappa shape index (κ2) is 5.01. The van der Waals surface area contributed by atoms with E-state index in [9.17, 15) is 9.59 Å². The Morgan fingerprint density at radius 1 is 1.50 bits per heavy atom. The van der Waals surface area contributed by atoms with Gasteiger partial charge in [0.05, 0.1) is 0 Å². The van der Waals surface area contributed by atoms with Crippen LogP contribution in [0.3, 0.4) is 0 Å². The first-order valence-electron chi connectivity index (χ1n) is 4.31. The average Bonchev–Trinajstić information content (AvgIpc) is 2.14. The number of benzene rings is 1. The molecule has 0 aliphatic heterocycles. The van der Waals surface area contributed by atoms with Gasteiger partial charge in [-0.1, -0.05) is 12.1 Å². The lowest BCUT2D eigenvalue weighted by Gasteiger charge is -2.03. The molecule has 0 heterocycles. The lowest BCUT2D eigenvalue weighted by Crippen LogP contribution is -2.19. The van der Waals surface area contributed by atoms with Crippen molar-refractivity contribution in [2.45, 2.75) is 12.8 Å². The standard InChI is InChI=1S/C10H12N2O2/c11-10(14)12-9-5-1-3-8(7-9)4-2-6-13/h1,3,5-7H,2,4H2,(H3,11,12,14). The minimum Gasteiger partial charge on any atom is -0.351 e. The highest BCUT2D eigenvalue weighted by atomic mass is 16.2. The van der Waals surface area contributed by atoms with E-state index in [0.29, 0.717) is 18.5 Å². The molecule has 4 heteroatoms. The molecular formula is C10H12N2O2. The van der Waals surface area contributed by atoms with Gasteiger partial charge in [0.2, 0.25) is 0 Å². The zero-order valence-corrected chi connectivity index (χ0v) is 7.69. The molecule has 0 saturated heterocycles. The molecule has 0 aromatic heterocycles. The number of urea groups is 1. The van der Waals surface area contributed by atoms with Crippen molar-refractivity contribution in [3.63, 3.8) is 0 Å². The maximum Gasteiger partial charge on any atom is 0.316 e. The maximum absolute atomic E-state index is 10.5. The van der Waals surface area contributed by atoms with Gasteiger partial charge < -0.3 is 15.8 Å². The summed E-state index contributed by atoms with van der Waals surface area (Å²) in [6.07, 6.45) is 2.03. The summed E-state index contributed by atoms with van der Waals surface area (Å²) >= 11 is 0. The fourth-order valence-electron chi connectivity index (χ4n) is 1.17. The van der Waals surface area contributed by atoms with Crippen LogP contribution in [-0.4, -0.2) is 12.3 Å². The highest BCUT2D eigenvalue weighted by Gasteiger charge is 1.97. The van der Waals surface area contributed by atoms with E-state index in [1.807, 2.05) is 12.1 Å². The SMILES string of the molecule is NC(=O)Nc1cccc(CCC=O)c1. The molecule has 0 bridgehead atoms. The molecule has 3 N–H and O–H groups in total. The van der Waals surface area contributed by atoms with Crippen LogP contribution < -0.4 is 11.1 Å². The van der Waals surface area contributed by atoms with Gasteiger partial charge in [-0.2, -0.15) is 0 Å². The molecule has 74 valence electrons. The van der Waals surface area contributed by atoms with Crippen LogP contribution >= 0.6 is 0 Å². The number of aldehydes is 1. The topological polar surface area (TPSA) is 72.2 Å². The van der Waals surface area contributed by atoms with Crippen molar-refractivity contribution in [2.24, 2.45) is 5.73 Å². The number of carbonyl (C=O) groups is 2. The molecule has 1 aromatic rings. The summed E-state index contributed by atoms with van der Waals surface area (Å²) in [5, 5.41) is 2.47. The van der Waals surface area contributed by atoms with Crippen LogP contribution in [0, 0.1) is 0 Å². The molecule has 0 fully saturated rings. The summed E-state index contributed by atoms with van der Waals surface area (Å²) in [5.41, 5.74) is 6.63. The van der Waals surface area contributed by atoms with E-state index in [-0.39, 0.29) is 0 Å². The van der Waals surface area contributed by atoms with E-state index < -0.39 is 6.03 Å². The van der Waals surface area contributed by atoms with Gasteiger partial charge in [0.15, 0.2) is 0 Å². The Labute approximate surface area is 82.1 Å². The fraction of sp³-hybridized carbons (Fsp3) is 0.200. The molecule has 1 rings (SSSR count). The lowest BCUT2D eigenvalue weighted by atomic mass is 10.1. The number of hydrogen-bond donors (Lipinski definition) is 2. The van der Waals surface area contributed by atoms with Gasteiger partial charge in [-0.3, -0.25) is 0 Å². The molecule has 2 amide bonds. The minimum absolute atomic E-state index is 0.486. The van der Waals surface area contributed by atoms with Crippen molar-refractivity contribution in [3.8, 4) is 0 Å². The van der Waals surface area contributed by atoms with Gasteiger partial charge in [0, 0.05) is 12.1 Å². The summed E-state index contributed by atoms with van der Waals surface area (Å²) in [7, 11) is 0. The summed E-state index contributed by atoms with van der Waals surface area (Å²) < 4.78 is 0. The summed E-state index contributed by atoms with van der Waals surface area (Å²) in [4.78, 5) is 20.7. The minimum atomic E-state index is -0.586. The first kappa shape index (κ1) is 10.2. The Morgan fingerprint density at radius 2 is 2.29 bits per heavy atom. The molecule has 0 atom stereocenters. The van der Waals surface area contributed by atoms with Gasteiger partial charge in [-0.15, -0.1) is 0 Å². The van der Waals surface area contributed by atoms with E-state index in [2.05, 4.69) is 5.32 Å². The van der Waals surface area contributed by atoms with E-state index in [1.165, 1.54) is 0 Å². The first-order chi connectivity index (χ1) is 6.72. The second-order valence-electron chi connectivity index (χ2n) is 2.89. The van der Waals surface area contributed by atoms with Crippen LogP contribution in [-0.2, 0) is 11.2 Å². The van der Waals surface area contributed by atoms with Crippen LogP contribution in [0.5, 0.6) is 0 Å². The lowest BCUT2D eigenvalue weighted by molar-refractivity contribution is -0.107. The van der Waals surface area contributed by atoms with Gasteiger partial charge >= 0.3 is 6.03 Å². The molecule has 0 radical (unpaired) electrons. The number of amides is 2. The van der Waals surface area contributed by atoms with Crippen molar-refractivity contribution < 1.29 is 9.59 Å². The third-order valence-corrected chi connectivity index (χ3v) is 1.75. The molecule has 14 heavy (non-hydrogen) atoms. The van der Waals surface area contributed by atoms with Crippen LogP contribution in [0.25, 0.3) is 0 Å². The Balaban J connectivity index is 2.68. The fourth-order valence-corrected chi connectivity index (χ4v) is 1.17. The van der Waals surface area contributed by atoms with Crippen molar-refractivity contribution in [3.05, 3.63) is 29.8 Å². The van der Waals surface area contributed by atoms with Gasteiger partial charge in [0.25, 0.3) is 0 Å². The molecule has 0 spiro atoms. The Morgan fingerprint density at radius 3 is 2.93 bits per heavy atom. The summed E-state index contributed by atoms with van der Waals surface area (Å²) in [6.45, 7) is 0. The number of primary amides is 1. The third-order valence-electron chi connectivity index (χ3n) is 1.75. The first-order valence-corrected chi connectivity index (χ1v) is 4.31. The molecule has 0 saturated carbocycles. The number of nitrogens with one attached hydrogen (secondary N) is 1. The highest BCUT2D eigenvalue weighted by Crippen LogP contribution is 2.11. The van der Waals surface area contributed by atoms with E-state index >= 15 is 0 Å². The Hall–Kier alpha value is -1.84. The Kier molecular flexibility index (Phi) is 3.67. The van der Waals surface area contributed by atoms with Gasteiger partial charge in [-0.05, 0) is 24.1 Å². The normalized spacial score (nSPS) is 9.43. The number of anilines is 1. The van der Waals surface area contributed by atoms with Crippen LogP contribution in [0.2, 0.25) is 0 Å². The van der Waals surface area contributed by atoms with Crippen LogP contribution in [0.15, 0.2) is 24.3 Å². The van der Waals surface area contributed by atoms with Gasteiger partial charge in [0.1, 0.15) is 6.29 Å². The number of carbonyl (C=O) groups excluding carboxylic acids is 2. The van der Waals surface area contributed by atoms with E-state index in [1.54, 1.807) is 12.1 Å². The predicted molar refractivity (Wildman–Crippen MR) is 54.0 cm³/mol. The Bertz CT molecular complexity index is 337. The molecule has 4 nitrogen and oxygen atoms in total. The van der Waals surface area contributed by atoms with Gasteiger partial charge in [-0.25, -0.2) is 4.79 Å².